The SMILES string of the molecule is Cn1c(SCCCN2C[C@H]3CC3(c3ccc(C(F)(F)F)nc3)C2)nnc1-c1ccccc1. The molecular formula is C23H24F3N5S. The minimum absolute atomic E-state index is 0.00154. The Morgan fingerprint density at radius 1 is 1.12 bits per heavy atom. The van der Waals surface area contributed by atoms with Crippen molar-refractivity contribution < 1.29 is 13.2 Å². The van der Waals surface area contributed by atoms with E-state index in [0.29, 0.717) is 5.92 Å². The van der Waals surface area contributed by atoms with Gasteiger partial charge in [-0.3, -0.25) is 4.98 Å². The number of fused-ring (bicyclic) bond motifs is 1. The van der Waals surface area contributed by atoms with Gasteiger partial charge in [0.1, 0.15) is 5.69 Å². The first-order valence-electron chi connectivity index (χ1n) is 10.7. The van der Waals surface area contributed by atoms with Crippen LogP contribution in [0.4, 0.5) is 13.2 Å². The molecule has 1 aromatic carbocycles. The number of halogens is 3. The number of alkyl halides is 3. The number of pyridine rings is 1. The zero-order chi connectivity index (χ0) is 22.3. The molecule has 0 amide bonds. The van der Waals surface area contributed by atoms with Gasteiger partial charge in [-0.15, -0.1) is 10.2 Å². The second-order valence-electron chi connectivity index (χ2n) is 8.66. The number of aromatic nitrogens is 4. The predicted molar refractivity (Wildman–Crippen MR) is 117 cm³/mol. The molecule has 3 aromatic rings. The van der Waals surface area contributed by atoms with Crippen molar-refractivity contribution in [1.29, 1.82) is 0 Å². The van der Waals surface area contributed by atoms with Crippen LogP contribution < -0.4 is 0 Å². The van der Waals surface area contributed by atoms with Gasteiger partial charge in [-0.1, -0.05) is 48.2 Å². The van der Waals surface area contributed by atoms with Crippen LogP contribution in [-0.4, -0.2) is 50.0 Å². The smallest absolute Gasteiger partial charge is 0.305 e. The molecule has 2 aliphatic rings. The van der Waals surface area contributed by atoms with Crippen molar-refractivity contribution in [2.75, 3.05) is 25.4 Å². The maximum absolute atomic E-state index is 12.8. The first kappa shape index (κ1) is 21.5. The lowest BCUT2D eigenvalue weighted by atomic mass is 9.96. The fraction of sp³-hybridized carbons (Fsp3) is 0.435. The minimum atomic E-state index is -4.39. The molecular weight excluding hydrogens is 435 g/mol. The van der Waals surface area contributed by atoms with Gasteiger partial charge in [0, 0.05) is 43.1 Å². The molecule has 9 heteroatoms. The largest absolute Gasteiger partial charge is 0.433 e. The third kappa shape index (κ3) is 4.03. The van der Waals surface area contributed by atoms with Gasteiger partial charge in [-0.05, 0) is 36.9 Å². The van der Waals surface area contributed by atoms with Gasteiger partial charge in [0.05, 0.1) is 0 Å². The third-order valence-electron chi connectivity index (χ3n) is 6.56. The number of nitrogens with zero attached hydrogens (tertiary/aromatic N) is 5. The highest BCUT2D eigenvalue weighted by molar-refractivity contribution is 7.99. The molecule has 1 aliphatic carbocycles. The number of likely N-dealkylation sites (tertiary alicyclic amines) is 1. The number of rotatable bonds is 7. The average molecular weight is 460 g/mol. The van der Waals surface area contributed by atoms with Crippen LogP contribution in [0, 0.1) is 5.92 Å². The summed E-state index contributed by atoms with van der Waals surface area (Å²) in [5, 5.41) is 9.56. The number of thioether (sulfide) groups is 1. The van der Waals surface area contributed by atoms with E-state index in [0.717, 1.165) is 66.4 Å². The summed E-state index contributed by atoms with van der Waals surface area (Å²) in [5.74, 6) is 2.33. The first-order valence-corrected chi connectivity index (χ1v) is 11.7. The van der Waals surface area contributed by atoms with Crippen molar-refractivity contribution in [3.63, 3.8) is 0 Å². The Kier molecular flexibility index (Phi) is 5.49. The van der Waals surface area contributed by atoms with E-state index in [1.54, 1.807) is 17.8 Å². The summed E-state index contributed by atoms with van der Waals surface area (Å²) in [5.41, 5.74) is 1.17. The van der Waals surface area contributed by atoms with Crippen molar-refractivity contribution in [2.45, 2.75) is 29.6 Å². The molecule has 2 aromatic heterocycles. The summed E-state index contributed by atoms with van der Waals surface area (Å²) in [4.78, 5) is 6.10. The Morgan fingerprint density at radius 3 is 2.66 bits per heavy atom. The van der Waals surface area contributed by atoms with Crippen LogP contribution in [0.5, 0.6) is 0 Å². The summed E-state index contributed by atoms with van der Waals surface area (Å²) in [6.45, 7) is 2.88. The summed E-state index contributed by atoms with van der Waals surface area (Å²) >= 11 is 1.70. The van der Waals surface area contributed by atoms with Crippen molar-refractivity contribution >= 4 is 11.8 Å². The lowest BCUT2D eigenvalue weighted by Crippen LogP contribution is -2.28. The molecule has 0 spiro atoms. The van der Waals surface area contributed by atoms with Crippen LogP contribution in [0.15, 0.2) is 53.8 Å². The zero-order valence-electron chi connectivity index (χ0n) is 17.7. The molecule has 0 radical (unpaired) electrons. The van der Waals surface area contributed by atoms with Crippen molar-refractivity contribution in [3.05, 3.63) is 59.9 Å². The van der Waals surface area contributed by atoms with Gasteiger partial charge < -0.3 is 9.47 Å². The quantitative estimate of drug-likeness (QED) is 0.380. The molecule has 168 valence electrons. The van der Waals surface area contributed by atoms with Crippen LogP contribution in [-0.2, 0) is 18.6 Å². The van der Waals surface area contributed by atoms with E-state index < -0.39 is 11.9 Å². The molecule has 1 saturated heterocycles. The van der Waals surface area contributed by atoms with E-state index >= 15 is 0 Å². The zero-order valence-corrected chi connectivity index (χ0v) is 18.5. The van der Waals surface area contributed by atoms with Gasteiger partial charge in [0.2, 0.25) is 0 Å². The molecule has 0 N–H and O–H groups in total. The monoisotopic (exact) mass is 459 g/mol. The number of hydrogen-bond donors (Lipinski definition) is 0. The van der Waals surface area contributed by atoms with E-state index in [1.165, 1.54) is 6.20 Å². The second kappa shape index (κ2) is 8.19. The van der Waals surface area contributed by atoms with Crippen LogP contribution in [0.2, 0.25) is 0 Å². The Hall–Kier alpha value is -2.39. The highest BCUT2D eigenvalue weighted by atomic mass is 32.2. The predicted octanol–water partition coefficient (Wildman–Crippen LogP) is 4.65. The lowest BCUT2D eigenvalue weighted by molar-refractivity contribution is -0.141. The van der Waals surface area contributed by atoms with Crippen LogP contribution in [0.25, 0.3) is 11.4 Å². The Labute approximate surface area is 189 Å². The average Bonchev–Trinajstić information content (AvgIpc) is 3.16. The number of hydrogen-bond acceptors (Lipinski definition) is 5. The van der Waals surface area contributed by atoms with Crippen LogP contribution in [0.1, 0.15) is 24.1 Å². The van der Waals surface area contributed by atoms with E-state index in [-0.39, 0.29) is 5.41 Å². The van der Waals surface area contributed by atoms with Gasteiger partial charge in [0.25, 0.3) is 0 Å². The van der Waals surface area contributed by atoms with E-state index in [2.05, 4.69) is 20.1 Å². The molecule has 1 aliphatic heterocycles. The molecule has 1 unspecified atom stereocenters. The third-order valence-corrected chi connectivity index (χ3v) is 7.67. The maximum Gasteiger partial charge on any atom is 0.433 e. The molecule has 32 heavy (non-hydrogen) atoms. The van der Waals surface area contributed by atoms with Crippen molar-refractivity contribution in [2.24, 2.45) is 13.0 Å². The summed E-state index contributed by atoms with van der Waals surface area (Å²) in [7, 11) is 1.99. The van der Waals surface area contributed by atoms with Gasteiger partial charge in [0.15, 0.2) is 11.0 Å². The van der Waals surface area contributed by atoms with Gasteiger partial charge >= 0.3 is 6.18 Å². The topological polar surface area (TPSA) is 46.8 Å². The fourth-order valence-electron chi connectivity index (χ4n) is 4.79. The van der Waals surface area contributed by atoms with Gasteiger partial charge in [-0.2, -0.15) is 13.2 Å². The fourth-order valence-corrected chi connectivity index (χ4v) is 5.63. The van der Waals surface area contributed by atoms with Crippen molar-refractivity contribution in [3.8, 4) is 11.4 Å². The Morgan fingerprint density at radius 2 is 1.94 bits per heavy atom. The molecule has 0 bridgehead atoms. The Balaban J connectivity index is 1.12. The van der Waals surface area contributed by atoms with Crippen LogP contribution >= 0.6 is 11.8 Å². The van der Waals surface area contributed by atoms with Crippen LogP contribution in [0.3, 0.4) is 0 Å². The highest BCUT2D eigenvalue weighted by Gasteiger charge is 2.60. The molecule has 2 atom stereocenters. The maximum atomic E-state index is 12.8. The van der Waals surface area contributed by atoms with Crippen molar-refractivity contribution in [1.82, 2.24) is 24.6 Å². The molecule has 2 fully saturated rings. The molecule has 3 heterocycles. The Bertz CT molecular complexity index is 1080. The van der Waals surface area contributed by atoms with E-state index in [9.17, 15) is 13.2 Å². The van der Waals surface area contributed by atoms with Gasteiger partial charge in [-0.25, -0.2) is 0 Å². The minimum Gasteiger partial charge on any atom is -0.305 e. The number of benzene rings is 1. The molecule has 1 saturated carbocycles. The molecule has 5 rings (SSSR count). The second-order valence-corrected chi connectivity index (χ2v) is 9.72. The standard InChI is InChI=1S/C23H24F3N5S/c1-30-20(16-6-3-2-4-7-16)28-29-21(30)32-11-5-10-31-14-18-12-22(18,15-31)17-8-9-19(27-13-17)23(24,25)26/h2-4,6-9,13,18H,5,10-12,14-15H2,1H3/t18-,22?/m1/s1. The van der Waals surface area contributed by atoms with E-state index in [1.807, 2.05) is 41.9 Å². The first-order chi connectivity index (χ1) is 15.4. The normalized spacial score (nSPS) is 22.8. The highest BCUT2D eigenvalue weighted by Crippen LogP contribution is 2.58. The summed E-state index contributed by atoms with van der Waals surface area (Å²) in [6.07, 6.45) is -0.886. The number of piperidine rings is 1. The summed E-state index contributed by atoms with van der Waals surface area (Å²) in [6, 6.07) is 12.8. The van der Waals surface area contributed by atoms with E-state index in [4.69, 9.17) is 0 Å². The summed E-state index contributed by atoms with van der Waals surface area (Å²) < 4.78 is 40.4. The molecule has 5 nitrogen and oxygen atoms in total. The lowest BCUT2D eigenvalue weighted by Gasteiger charge is -2.21.